The highest BCUT2D eigenvalue weighted by molar-refractivity contribution is 8.16. The molecule has 0 N–H and O–H groups in total. The number of amides is 1. The van der Waals surface area contributed by atoms with Crippen molar-refractivity contribution in [3.05, 3.63) is 18.2 Å². The Morgan fingerprint density at radius 2 is 1.93 bits per heavy atom. The van der Waals surface area contributed by atoms with Gasteiger partial charge in [0.1, 0.15) is 11.5 Å². The van der Waals surface area contributed by atoms with Crippen molar-refractivity contribution < 1.29 is 22.7 Å². The molecule has 2 saturated heterocycles. The van der Waals surface area contributed by atoms with Gasteiger partial charge < -0.3 is 14.4 Å². The Morgan fingerprint density at radius 3 is 2.52 bits per heavy atom. The first-order chi connectivity index (χ1) is 12.6. The fourth-order valence-electron chi connectivity index (χ4n) is 3.09. The zero-order chi connectivity index (χ0) is 20.0. The predicted octanol–water partition coefficient (Wildman–Crippen LogP) is 2.35. The van der Waals surface area contributed by atoms with Crippen molar-refractivity contribution in [2.24, 2.45) is 10.4 Å². The van der Waals surface area contributed by atoms with E-state index in [2.05, 4.69) is 4.99 Å². The molecule has 148 valence electrons. The van der Waals surface area contributed by atoms with Gasteiger partial charge in [-0.25, -0.2) is 8.42 Å². The molecule has 0 aromatic heterocycles. The highest BCUT2D eigenvalue weighted by Crippen LogP contribution is 2.45. The summed E-state index contributed by atoms with van der Waals surface area (Å²) in [5.41, 5.74) is 0.0241. The first-order valence-electron chi connectivity index (χ1n) is 8.57. The van der Waals surface area contributed by atoms with Gasteiger partial charge >= 0.3 is 0 Å². The number of carbonyl (C=O) groups excluding carboxylic acids is 1. The molecule has 1 aromatic carbocycles. The van der Waals surface area contributed by atoms with Crippen LogP contribution in [0, 0.1) is 5.41 Å². The number of carbonyl (C=O) groups is 1. The Bertz CT molecular complexity index is 890. The first kappa shape index (κ1) is 20.0. The molecule has 1 aromatic rings. The molecule has 2 aliphatic heterocycles. The van der Waals surface area contributed by atoms with Gasteiger partial charge in [0.05, 0.1) is 37.5 Å². The van der Waals surface area contributed by atoms with Crippen molar-refractivity contribution in [2.75, 3.05) is 30.6 Å². The lowest BCUT2D eigenvalue weighted by atomic mass is 9.96. The maximum Gasteiger partial charge on any atom is 0.253 e. The van der Waals surface area contributed by atoms with Gasteiger partial charge in [-0.05, 0) is 12.1 Å². The second-order valence-electron chi connectivity index (χ2n) is 7.66. The lowest BCUT2D eigenvalue weighted by Crippen LogP contribution is -2.38. The van der Waals surface area contributed by atoms with Crippen LogP contribution in [0.15, 0.2) is 23.2 Å². The smallest absolute Gasteiger partial charge is 0.253 e. The van der Waals surface area contributed by atoms with Crippen LogP contribution in [0.1, 0.15) is 20.8 Å². The third-order valence-corrected chi connectivity index (χ3v) is 7.76. The van der Waals surface area contributed by atoms with Gasteiger partial charge in [0.15, 0.2) is 15.0 Å². The summed E-state index contributed by atoms with van der Waals surface area (Å²) in [4.78, 5) is 18.7. The van der Waals surface area contributed by atoms with Gasteiger partial charge in [0, 0.05) is 16.7 Å². The maximum atomic E-state index is 12.5. The largest absolute Gasteiger partial charge is 0.497 e. The number of anilines is 1. The van der Waals surface area contributed by atoms with Crippen molar-refractivity contribution >= 4 is 38.4 Å². The summed E-state index contributed by atoms with van der Waals surface area (Å²) in [6, 6.07) is 5.02. The van der Waals surface area contributed by atoms with Gasteiger partial charge in [0.25, 0.3) is 5.91 Å². The minimum atomic E-state index is -3.14. The third-order valence-electron chi connectivity index (χ3n) is 4.55. The second kappa shape index (κ2) is 7.01. The lowest BCUT2D eigenvalue weighted by molar-refractivity contribution is -0.124. The molecule has 0 saturated carbocycles. The molecule has 3 rings (SSSR count). The Hall–Kier alpha value is -1.74. The standard InChI is InChI=1S/C18H24N2O5S2/c1-18(2,3)16(21)19-17-20(13-9-27(22,23)10-15(13)26-17)12-8-11(24-4)6-7-14(12)25-5/h6-8,13,15H,9-10H2,1-5H3/t13-,15+/m1/s1. The Morgan fingerprint density at radius 1 is 1.22 bits per heavy atom. The molecule has 2 heterocycles. The number of thioether (sulfide) groups is 1. The quantitative estimate of drug-likeness (QED) is 0.753. The van der Waals surface area contributed by atoms with Crippen LogP contribution in [0.3, 0.4) is 0 Å². The van der Waals surface area contributed by atoms with E-state index >= 15 is 0 Å². The number of rotatable bonds is 3. The average Bonchev–Trinajstić information content (AvgIpc) is 3.04. The van der Waals surface area contributed by atoms with Crippen LogP contribution >= 0.6 is 11.8 Å². The summed E-state index contributed by atoms with van der Waals surface area (Å²) >= 11 is 1.34. The number of sulfone groups is 1. The van der Waals surface area contributed by atoms with Crippen LogP contribution in [-0.2, 0) is 14.6 Å². The monoisotopic (exact) mass is 412 g/mol. The summed E-state index contributed by atoms with van der Waals surface area (Å²) in [6.07, 6.45) is 0. The van der Waals surface area contributed by atoms with Crippen LogP contribution in [0.25, 0.3) is 0 Å². The predicted molar refractivity (Wildman–Crippen MR) is 108 cm³/mol. The molecular formula is C18H24N2O5S2. The molecule has 7 nitrogen and oxygen atoms in total. The Labute approximate surface area is 164 Å². The lowest BCUT2D eigenvalue weighted by Gasteiger charge is -2.27. The fourth-order valence-corrected chi connectivity index (χ4v) is 6.99. The zero-order valence-electron chi connectivity index (χ0n) is 16.1. The van der Waals surface area contributed by atoms with E-state index in [9.17, 15) is 13.2 Å². The molecule has 27 heavy (non-hydrogen) atoms. The van der Waals surface area contributed by atoms with Crippen molar-refractivity contribution in [3.8, 4) is 11.5 Å². The van der Waals surface area contributed by atoms with E-state index < -0.39 is 15.3 Å². The highest BCUT2D eigenvalue weighted by atomic mass is 32.2. The van der Waals surface area contributed by atoms with Crippen LogP contribution in [0.5, 0.6) is 11.5 Å². The number of amidine groups is 1. The zero-order valence-corrected chi connectivity index (χ0v) is 17.7. The summed E-state index contributed by atoms with van der Waals surface area (Å²) < 4.78 is 35.2. The molecule has 2 fully saturated rings. The van der Waals surface area contributed by atoms with Crippen molar-refractivity contribution in [2.45, 2.75) is 32.1 Å². The van der Waals surface area contributed by atoms with E-state index in [-0.39, 0.29) is 28.7 Å². The normalized spacial score (nSPS) is 25.5. The van der Waals surface area contributed by atoms with Crippen LogP contribution in [-0.4, -0.2) is 56.5 Å². The van der Waals surface area contributed by atoms with Gasteiger partial charge in [-0.15, -0.1) is 0 Å². The summed E-state index contributed by atoms with van der Waals surface area (Å²) in [5, 5.41) is 0.337. The number of methoxy groups -OCH3 is 2. The first-order valence-corrected chi connectivity index (χ1v) is 11.3. The minimum Gasteiger partial charge on any atom is -0.497 e. The van der Waals surface area contributed by atoms with Crippen LogP contribution in [0.4, 0.5) is 5.69 Å². The van der Waals surface area contributed by atoms with E-state index in [1.165, 1.54) is 11.8 Å². The van der Waals surface area contributed by atoms with Crippen molar-refractivity contribution in [3.63, 3.8) is 0 Å². The topological polar surface area (TPSA) is 85.3 Å². The van der Waals surface area contributed by atoms with Crippen molar-refractivity contribution in [1.82, 2.24) is 0 Å². The second-order valence-corrected chi connectivity index (χ2v) is 11.0. The van der Waals surface area contributed by atoms with E-state index in [1.807, 2.05) is 4.90 Å². The number of hydrogen-bond donors (Lipinski definition) is 0. The molecule has 9 heteroatoms. The summed E-state index contributed by atoms with van der Waals surface area (Å²) in [6.45, 7) is 5.42. The fraction of sp³-hybridized carbons (Fsp3) is 0.556. The van der Waals surface area contributed by atoms with Gasteiger partial charge in [-0.2, -0.15) is 4.99 Å². The molecule has 1 amide bonds. The maximum absolute atomic E-state index is 12.5. The number of hydrogen-bond acceptors (Lipinski definition) is 6. The Kier molecular flexibility index (Phi) is 5.20. The number of benzene rings is 1. The summed E-state index contributed by atoms with van der Waals surface area (Å²) in [5.74, 6) is 1.03. The molecule has 2 atom stereocenters. The van der Waals surface area contributed by atoms with Gasteiger partial charge in [-0.3, -0.25) is 4.79 Å². The minimum absolute atomic E-state index is 0.0216. The molecule has 0 bridgehead atoms. The number of ether oxygens (including phenoxy) is 2. The number of aliphatic imine (C=N–C) groups is 1. The molecule has 0 radical (unpaired) electrons. The molecule has 0 aliphatic carbocycles. The SMILES string of the molecule is COc1ccc(OC)c(N2C(=NC(=O)C(C)(C)C)S[C@H]3CS(=O)(=O)C[C@H]32)c1. The number of fused-ring (bicyclic) bond motifs is 1. The van der Waals surface area contributed by atoms with Crippen LogP contribution in [0.2, 0.25) is 0 Å². The van der Waals surface area contributed by atoms with Gasteiger partial charge in [-0.1, -0.05) is 32.5 Å². The third kappa shape index (κ3) is 3.94. The Balaban J connectivity index is 2.12. The van der Waals surface area contributed by atoms with E-state index in [0.29, 0.717) is 22.4 Å². The summed E-state index contributed by atoms with van der Waals surface area (Å²) in [7, 11) is -0.0256. The number of nitrogens with zero attached hydrogens (tertiary/aromatic N) is 2. The van der Waals surface area contributed by atoms with Crippen LogP contribution < -0.4 is 14.4 Å². The molecule has 0 spiro atoms. The molecule has 0 unspecified atom stereocenters. The van der Waals surface area contributed by atoms with E-state index in [4.69, 9.17) is 9.47 Å². The van der Waals surface area contributed by atoms with Crippen molar-refractivity contribution in [1.29, 1.82) is 0 Å². The highest BCUT2D eigenvalue weighted by Gasteiger charge is 2.50. The van der Waals surface area contributed by atoms with E-state index in [1.54, 1.807) is 53.2 Å². The van der Waals surface area contributed by atoms with Gasteiger partial charge in [0.2, 0.25) is 0 Å². The van der Waals surface area contributed by atoms with E-state index in [0.717, 1.165) is 0 Å². The molecule has 2 aliphatic rings. The molecular weight excluding hydrogens is 388 g/mol. The average molecular weight is 413 g/mol.